The molecule has 0 aliphatic heterocycles. The van der Waals surface area contributed by atoms with Crippen LogP contribution in [0.2, 0.25) is 0 Å². The number of halogens is 3. The van der Waals surface area contributed by atoms with Crippen molar-refractivity contribution in [1.29, 1.82) is 0 Å². The first-order valence-corrected chi connectivity index (χ1v) is 4.56. The van der Waals surface area contributed by atoms with Gasteiger partial charge in [0, 0.05) is 0 Å². The second-order valence-corrected chi connectivity index (χ2v) is 3.60. The number of rotatable bonds is 2. The normalized spacial score (nSPS) is 15.8. The average Bonchev–Trinajstić information content (AvgIpc) is 2.87. The van der Waals surface area contributed by atoms with Crippen molar-refractivity contribution in [2.45, 2.75) is 18.6 Å². The number of nitrogens with two attached hydrogens (primary N) is 1. The van der Waals surface area contributed by atoms with Crippen molar-refractivity contribution in [3.63, 3.8) is 0 Å². The van der Waals surface area contributed by atoms with Gasteiger partial charge in [-0.25, -0.2) is 0 Å². The van der Waals surface area contributed by atoms with Crippen LogP contribution in [-0.4, -0.2) is 16.3 Å². The van der Waals surface area contributed by atoms with Crippen LogP contribution in [0.3, 0.4) is 0 Å². The predicted molar refractivity (Wildman–Crippen MR) is 49.6 cm³/mol. The van der Waals surface area contributed by atoms with Crippen LogP contribution < -0.4 is 5.73 Å². The van der Waals surface area contributed by atoms with E-state index in [0.717, 1.165) is 6.92 Å². The topological polar surface area (TPSA) is 78.1 Å². The van der Waals surface area contributed by atoms with E-state index in [9.17, 15) is 13.2 Å². The van der Waals surface area contributed by atoms with Gasteiger partial charge in [-0.2, -0.15) is 18.2 Å². The molecule has 0 saturated heterocycles. The Morgan fingerprint density at radius 3 is 2.59 bits per heavy atom. The molecule has 0 spiro atoms. The molecule has 2 aromatic rings. The molecule has 2 heterocycles. The van der Waals surface area contributed by atoms with Gasteiger partial charge in [-0.3, -0.25) is 0 Å². The highest BCUT2D eigenvalue weighted by Crippen LogP contribution is 2.36. The summed E-state index contributed by atoms with van der Waals surface area (Å²) < 4.78 is 47.2. The van der Waals surface area contributed by atoms with Gasteiger partial charge in [-0.15, -0.1) is 0 Å². The quantitative estimate of drug-likeness (QED) is 0.878. The molecule has 0 aromatic carbocycles. The molecule has 0 radical (unpaired) electrons. The van der Waals surface area contributed by atoms with Crippen LogP contribution >= 0.6 is 0 Å². The van der Waals surface area contributed by atoms with Crippen LogP contribution in [0.4, 0.5) is 13.2 Å². The Hall–Kier alpha value is -1.83. The van der Waals surface area contributed by atoms with E-state index in [0.29, 0.717) is 0 Å². The van der Waals surface area contributed by atoms with Crippen LogP contribution in [-0.2, 0) is 5.54 Å². The van der Waals surface area contributed by atoms with Gasteiger partial charge in [-0.1, -0.05) is 5.16 Å². The number of furan rings is 1. The van der Waals surface area contributed by atoms with E-state index in [-0.39, 0.29) is 11.6 Å². The van der Waals surface area contributed by atoms with Crippen molar-refractivity contribution >= 4 is 0 Å². The first kappa shape index (κ1) is 11.6. The molecule has 0 saturated carbocycles. The molecular weight excluding hydrogens is 239 g/mol. The third-order valence-electron chi connectivity index (χ3n) is 2.20. The average molecular weight is 247 g/mol. The number of alkyl halides is 3. The van der Waals surface area contributed by atoms with Crippen LogP contribution in [0, 0.1) is 0 Å². The summed E-state index contributed by atoms with van der Waals surface area (Å²) in [4.78, 5) is 3.57. The maximum Gasteiger partial charge on any atom is 0.415 e. The fourth-order valence-corrected chi connectivity index (χ4v) is 1.06. The van der Waals surface area contributed by atoms with E-state index in [4.69, 9.17) is 10.2 Å². The largest absolute Gasteiger partial charge is 0.461 e. The fraction of sp³-hybridized carbons (Fsp3) is 0.333. The van der Waals surface area contributed by atoms with Crippen molar-refractivity contribution in [3.05, 3.63) is 24.3 Å². The monoisotopic (exact) mass is 247 g/mol. The van der Waals surface area contributed by atoms with Crippen molar-refractivity contribution in [2.75, 3.05) is 0 Å². The van der Waals surface area contributed by atoms with Crippen LogP contribution in [0.1, 0.15) is 12.8 Å². The highest BCUT2D eigenvalue weighted by molar-refractivity contribution is 5.45. The highest BCUT2D eigenvalue weighted by Gasteiger charge is 2.53. The Balaban J connectivity index is 2.37. The molecule has 8 heteroatoms. The number of hydrogen-bond donors (Lipinski definition) is 1. The van der Waals surface area contributed by atoms with E-state index in [1.54, 1.807) is 6.07 Å². The van der Waals surface area contributed by atoms with Crippen molar-refractivity contribution < 1.29 is 22.1 Å². The zero-order valence-electron chi connectivity index (χ0n) is 8.65. The summed E-state index contributed by atoms with van der Waals surface area (Å²) in [5.74, 6) is -0.583. The molecule has 0 fully saturated rings. The lowest BCUT2D eigenvalue weighted by molar-refractivity contribution is -0.190. The predicted octanol–water partition coefficient (Wildman–Crippen LogP) is 2.07. The van der Waals surface area contributed by atoms with Crippen LogP contribution in [0.15, 0.2) is 27.3 Å². The van der Waals surface area contributed by atoms with Gasteiger partial charge >= 0.3 is 6.18 Å². The molecule has 0 bridgehead atoms. The molecule has 92 valence electrons. The second kappa shape index (κ2) is 3.59. The summed E-state index contributed by atoms with van der Waals surface area (Å²) >= 11 is 0. The maximum atomic E-state index is 12.6. The molecule has 0 aliphatic rings. The van der Waals surface area contributed by atoms with Crippen LogP contribution in [0.5, 0.6) is 0 Å². The molecule has 1 atom stereocenters. The maximum absolute atomic E-state index is 12.6. The minimum atomic E-state index is -4.68. The Morgan fingerprint density at radius 2 is 2.06 bits per heavy atom. The molecule has 17 heavy (non-hydrogen) atoms. The first-order valence-electron chi connectivity index (χ1n) is 4.56. The third kappa shape index (κ3) is 1.91. The van der Waals surface area contributed by atoms with Gasteiger partial charge in [0.05, 0.1) is 6.26 Å². The van der Waals surface area contributed by atoms with E-state index < -0.39 is 17.6 Å². The molecule has 0 amide bonds. The minimum Gasteiger partial charge on any atom is -0.461 e. The minimum absolute atomic E-state index is 0.0778. The van der Waals surface area contributed by atoms with E-state index in [1.165, 1.54) is 12.3 Å². The molecule has 0 aliphatic carbocycles. The van der Waals surface area contributed by atoms with Crippen molar-refractivity contribution in [2.24, 2.45) is 5.73 Å². The van der Waals surface area contributed by atoms with Crippen LogP contribution in [0.25, 0.3) is 11.6 Å². The lowest BCUT2D eigenvalue weighted by Gasteiger charge is -2.22. The lowest BCUT2D eigenvalue weighted by Crippen LogP contribution is -2.47. The molecular formula is C9H8F3N3O2. The molecule has 1 unspecified atom stereocenters. The van der Waals surface area contributed by atoms with Crippen molar-refractivity contribution in [3.8, 4) is 11.6 Å². The number of hydrogen-bond acceptors (Lipinski definition) is 5. The van der Waals surface area contributed by atoms with E-state index in [2.05, 4.69) is 14.7 Å². The Morgan fingerprint density at radius 1 is 1.35 bits per heavy atom. The first-order chi connectivity index (χ1) is 7.82. The molecule has 5 nitrogen and oxygen atoms in total. The van der Waals surface area contributed by atoms with E-state index in [1.807, 2.05) is 0 Å². The lowest BCUT2D eigenvalue weighted by atomic mass is 10.0. The van der Waals surface area contributed by atoms with Gasteiger partial charge < -0.3 is 14.7 Å². The summed E-state index contributed by atoms with van der Waals surface area (Å²) in [6.07, 6.45) is -3.34. The van der Waals surface area contributed by atoms with Crippen molar-refractivity contribution in [1.82, 2.24) is 10.1 Å². The van der Waals surface area contributed by atoms with Gasteiger partial charge in [0.15, 0.2) is 11.3 Å². The molecule has 2 rings (SSSR count). The highest BCUT2D eigenvalue weighted by atomic mass is 19.4. The summed E-state index contributed by atoms with van der Waals surface area (Å²) in [5, 5.41) is 3.38. The standard InChI is InChI=1S/C9H8F3N3O2/c1-8(13,9(10,11)12)7-14-6(15-17-7)5-3-2-4-16-5/h2-4H,13H2,1H3. The summed E-state index contributed by atoms with van der Waals surface area (Å²) in [7, 11) is 0. The van der Waals surface area contributed by atoms with Gasteiger partial charge in [0.1, 0.15) is 0 Å². The summed E-state index contributed by atoms with van der Waals surface area (Å²) in [5.41, 5.74) is 2.44. The Bertz CT molecular complexity index is 502. The SMILES string of the molecule is CC(N)(c1nc(-c2ccco2)no1)C(F)(F)F. The van der Waals surface area contributed by atoms with Gasteiger partial charge in [0.2, 0.25) is 5.82 Å². The van der Waals surface area contributed by atoms with Gasteiger partial charge in [0.25, 0.3) is 5.89 Å². The third-order valence-corrected chi connectivity index (χ3v) is 2.20. The smallest absolute Gasteiger partial charge is 0.415 e. The zero-order chi connectivity index (χ0) is 12.7. The summed E-state index contributed by atoms with van der Waals surface area (Å²) in [6.45, 7) is 0.756. The zero-order valence-corrected chi connectivity index (χ0v) is 8.65. The van der Waals surface area contributed by atoms with Gasteiger partial charge in [-0.05, 0) is 19.1 Å². The number of nitrogens with zero attached hydrogens (tertiary/aromatic N) is 2. The number of aromatic nitrogens is 2. The summed E-state index contributed by atoms with van der Waals surface area (Å²) in [6, 6.07) is 3.05. The second-order valence-electron chi connectivity index (χ2n) is 3.60. The van der Waals surface area contributed by atoms with E-state index >= 15 is 0 Å². The Labute approximate surface area is 93.4 Å². The molecule has 2 aromatic heterocycles. The fourth-order valence-electron chi connectivity index (χ4n) is 1.06. The Kier molecular flexibility index (Phi) is 2.46. The molecule has 2 N–H and O–H groups in total.